The Morgan fingerprint density at radius 2 is 1.89 bits per heavy atom. The van der Waals surface area contributed by atoms with E-state index < -0.39 is 11.9 Å². The molecule has 1 heterocycles. The lowest BCUT2D eigenvalue weighted by Crippen LogP contribution is -2.39. The minimum atomic E-state index is -0.813. The smallest absolute Gasteiger partial charge is 0.308 e. The van der Waals surface area contributed by atoms with Crippen LogP contribution in [-0.2, 0) is 14.4 Å². The number of nitrogens with zero attached hydrogens (tertiary/aromatic N) is 2. The molecule has 1 saturated heterocycles. The number of carboxylic acid groups (broad SMARTS) is 1. The zero-order chi connectivity index (χ0) is 14.2. The summed E-state index contributed by atoms with van der Waals surface area (Å²) in [5.41, 5.74) is 0. The number of amides is 2. The highest BCUT2D eigenvalue weighted by molar-refractivity contribution is 5.84. The predicted octanol–water partition coefficient (Wildman–Crippen LogP) is 0.0339. The van der Waals surface area contributed by atoms with Crippen molar-refractivity contribution in [3.63, 3.8) is 0 Å². The number of likely N-dealkylation sites (tertiary alicyclic amines) is 1. The molecule has 19 heavy (non-hydrogen) atoms. The van der Waals surface area contributed by atoms with Gasteiger partial charge < -0.3 is 14.9 Å². The number of aliphatic carboxylic acids is 1. The normalized spacial score (nSPS) is 26.3. The minimum Gasteiger partial charge on any atom is -0.481 e. The number of hydrogen-bond acceptors (Lipinski definition) is 3. The van der Waals surface area contributed by atoms with Gasteiger partial charge in [-0.15, -0.1) is 0 Å². The first-order valence-corrected chi connectivity index (χ1v) is 6.62. The predicted molar refractivity (Wildman–Crippen MR) is 67.2 cm³/mol. The first-order chi connectivity index (χ1) is 8.90. The van der Waals surface area contributed by atoms with Crippen LogP contribution in [0.5, 0.6) is 0 Å². The molecular weight excluding hydrogens is 248 g/mol. The summed E-state index contributed by atoms with van der Waals surface area (Å²) in [6.45, 7) is 2.23. The van der Waals surface area contributed by atoms with Gasteiger partial charge in [-0.1, -0.05) is 0 Å². The number of hydrogen-bond donors (Lipinski definition) is 1. The van der Waals surface area contributed by atoms with Crippen LogP contribution >= 0.6 is 0 Å². The molecule has 2 fully saturated rings. The van der Waals surface area contributed by atoms with E-state index in [1.165, 1.54) is 11.8 Å². The SMILES string of the molecule is CC(=O)N(C)CC(=O)N1C[C@H](C(=O)O)[C@@H](C2CC2)C1. The molecule has 2 atom stereocenters. The van der Waals surface area contributed by atoms with E-state index in [1.807, 2.05) is 0 Å². The fourth-order valence-electron chi connectivity index (χ4n) is 2.71. The molecule has 6 heteroatoms. The molecule has 0 radical (unpaired) electrons. The lowest BCUT2D eigenvalue weighted by Gasteiger charge is -2.20. The van der Waals surface area contributed by atoms with Gasteiger partial charge in [0.05, 0.1) is 12.5 Å². The number of rotatable bonds is 4. The monoisotopic (exact) mass is 268 g/mol. The van der Waals surface area contributed by atoms with E-state index in [0.717, 1.165) is 12.8 Å². The van der Waals surface area contributed by atoms with Crippen molar-refractivity contribution in [2.24, 2.45) is 17.8 Å². The topological polar surface area (TPSA) is 77.9 Å². The van der Waals surface area contributed by atoms with Gasteiger partial charge in [0.25, 0.3) is 0 Å². The van der Waals surface area contributed by atoms with E-state index in [2.05, 4.69) is 0 Å². The van der Waals surface area contributed by atoms with Crippen molar-refractivity contribution in [2.75, 3.05) is 26.7 Å². The van der Waals surface area contributed by atoms with Crippen molar-refractivity contribution >= 4 is 17.8 Å². The summed E-state index contributed by atoms with van der Waals surface area (Å²) in [7, 11) is 1.57. The molecule has 2 aliphatic rings. The highest BCUT2D eigenvalue weighted by Gasteiger charge is 2.46. The molecule has 1 aliphatic heterocycles. The molecule has 0 aromatic rings. The van der Waals surface area contributed by atoms with Crippen LogP contribution in [0.15, 0.2) is 0 Å². The lowest BCUT2D eigenvalue weighted by atomic mass is 9.92. The maximum Gasteiger partial charge on any atom is 0.308 e. The average Bonchev–Trinajstić information content (AvgIpc) is 3.07. The van der Waals surface area contributed by atoms with Crippen LogP contribution in [0.1, 0.15) is 19.8 Å². The third kappa shape index (κ3) is 3.05. The fraction of sp³-hybridized carbons (Fsp3) is 0.769. The molecule has 1 N–H and O–H groups in total. The molecular formula is C13H20N2O4. The third-order valence-corrected chi connectivity index (χ3v) is 4.17. The zero-order valence-corrected chi connectivity index (χ0v) is 11.3. The Morgan fingerprint density at radius 3 is 2.37 bits per heavy atom. The molecule has 0 unspecified atom stereocenters. The first kappa shape index (κ1) is 13.8. The van der Waals surface area contributed by atoms with Crippen LogP contribution in [0.25, 0.3) is 0 Å². The first-order valence-electron chi connectivity index (χ1n) is 6.62. The van der Waals surface area contributed by atoms with Crippen LogP contribution in [0.3, 0.4) is 0 Å². The van der Waals surface area contributed by atoms with Crippen molar-refractivity contribution in [1.82, 2.24) is 9.80 Å². The van der Waals surface area contributed by atoms with Crippen LogP contribution in [0.4, 0.5) is 0 Å². The summed E-state index contributed by atoms with van der Waals surface area (Å²) in [6, 6.07) is 0. The van der Waals surface area contributed by atoms with Crippen LogP contribution in [0.2, 0.25) is 0 Å². The van der Waals surface area contributed by atoms with Gasteiger partial charge in [0.2, 0.25) is 11.8 Å². The largest absolute Gasteiger partial charge is 0.481 e. The molecule has 2 rings (SSSR count). The number of likely N-dealkylation sites (N-methyl/N-ethyl adjacent to an activating group) is 1. The van der Waals surface area contributed by atoms with Crippen LogP contribution < -0.4 is 0 Å². The van der Waals surface area contributed by atoms with Gasteiger partial charge in [-0.05, 0) is 24.7 Å². The summed E-state index contributed by atoms with van der Waals surface area (Å²) in [4.78, 5) is 37.4. The van der Waals surface area contributed by atoms with Crippen molar-refractivity contribution in [2.45, 2.75) is 19.8 Å². The Kier molecular flexibility index (Phi) is 3.78. The molecule has 106 valence electrons. The van der Waals surface area contributed by atoms with Gasteiger partial charge in [-0.3, -0.25) is 14.4 Å². The highest BCUT2D eigenvalue weighted by atomic mass is 16.4. The van der Waals surface area contributed by atoms with E-state index in [9.17, 15) is 19.5 Å². The Morgan fingerprint density at radius 1 is 1.26 bits per heavy atom. The second-order valence-electron chi connectivity index (χ2n) is 5.62. The molecule has 0 aromatic heterocycles. The highest BCUT2D eigenvalue weighted by Crippen LogP contribution is 2.44. The van der Waals surface area contributed by atoms with Gasteiger partial charge in [0, 0.05) is 27.1 Å². The fourth-order valence-corrected chi connectivity index (χ4v) is 2.71. The van der Waals surface area contributed by atoms with E-state index in [1.54, 1.807) is 11.9 Å². The Hall–Kier alpha value is -1.59. The number of carbonyl (C=O) groups is 3. The van der Waals surface area contributed by atoms with E-state index in [4.69, 9.17) is 0 Å². The second-order valence-corrected chi connectivity index (χ2v) is 5.62. The summed E-state index contributed by atoms with van der Waals surface area (Å²) in [5.74, 6) is -1.03. The molecule has 1 aliphatic carbocycles. The van der Waals surface area contributed by atoms with Gasteiger partial charge in [0.1, 0.15) is 0 Å². The zero-order valence-electron chi connectivity index (χ0n) is 11.3. The van der Waals surface area contributed by atoms with Crippen LogP contribution in [-0.4, -0.2) is 59.4 Å². The molecule has 0 bridgehead atoms. The van der Waals surface area contributed by atoms with Gasteiger partial charge in [-0.2, -0.15) is 0 Å². The quantitative estimate of drug-likeness (QED) is 0.780. The average molecular weight is 268 g/mol. The minimum absolute atomic E-state index is 0.0268. The van der Waals surface area contributed by atoms with E-state index >= 15 is 0 Å². The second kappa shape index (κ2) is 5.19. The van der Waals surface area contributed by atoms with Crippen molar-refractivity contribution < 1.29 is 19.5 Å². The molecule has 0 aromatic carbocycles. The van der Waals surface area contributed by atoms with Gasteiger partial charge in [0.15, 0.2) is 0 Å². The van der Waals surface area contributed by atoms with Crippen LogP contribution in [0, 0.1) is 17.8 Å². The summed E-state index contributed by atoms with van der Waals surface area (Å²) in [6.07, 6.45) is 2.15. The van der Waals surface area contributed by atoms with Crippen molar-refractivity contribution in [3.05, 3.63) is 0 Å². The summed E-state index contributed by atoms with van der Waals surface area (Å²) < 4.78 is 0. The Bertz CT molecular complexity index is 405. The van der Waals surface area contributed by atoms with Gasteiger partial charge >= 0.3 is 5.97 Å². The van der Waals surface area contributed by atoms with Crippen molar-refractivity contribution in [3.8, 4) is 0 Å². The maximum absolute atomic E-state index is 12.1. The number of carbonyl (C=O) groups excluding carboxylic acids is 2. The Balaban J connectivity index is 1.96. The summed E-state index contributed by atoms with van der Waals surface area (Å²) in [5, 5.41) is 9.23. The molecule has 0 spiro atoms. The van der Waals surface area contributed by atoms with E-state index in [-0.39, 0.29) is 30.8 Å². The van der Waals surface area contributed by atoms with Gasteiger partial charge in [-0.25, -0.2) is 0 Å². The van der Waals surface area contributed by atoms with E-state index in [0.29, 0.717) is 12.5 Å². The van der Waals surface area contributed by atoms with Crippen molar-refractivity contribution in [1.29, 1.82) is 0 Å². The standard InChI is InChI=1S/C13H20N2O4/c1-8(16)14(2)7-12(17)15-5-10(9-3-4-9)11(6-15)13(18)19/h9-11H,3-7H2,1-2H3,(H,18,19)/t10-,11+/m1/s1. The lowest BCUT2D eigenvalue weighted by molar-refractivity contribution is -0.143. The molecule has 2 amide bonds. The summed E-state index contributed by atoms with van der Waals surface area (Å²) >= 11 is 0. The number of carboxylic acids is 1. The molecule has 6 nitrogen and oxygen atoms in total. The maximum atomic E-state index is 12.1. The molecule has 1 saturated carbocycles. The Labute approximate surface area is 112 Å². The third-order valence-electron chi connectivity index (χ3n) is 4.17.